The van der Waals surface area contributed by atoms with Gasteiger partial charge in [-0.2, -0.15) is 0 Å². The molecule has 0 atom stereocenters. The van der Waals surface area contributed by atoms with E-state index in [0.717, 1.165) is 11.6 Å². The highest BCUT2D eigenvalue weighted by Crippen LogP contribution is 2.34. The molecule has 0 bridgehead atoms. The average Bonchev–Trinajstić information content (AvgIpc) is 2.91. The van der Waals surface area contributed by atoms with Crippen molar-refractivity contribution in [1.29, 1.82) is 0 Å². The van der Waals surface area contributed by atoms with E-state index >= 15 is 0 Å². The van der Waals surface area contributed by atoms with E-state index < -0.39 is 11.6 Å². The Bertz CT molecular complexity index is 849. The molecule has 7 heteroatoms. The van der Waals surface area contributed by atoms with Crippen LogP contribution in [0.25, 0.3) is 0 Å². The summed E-state index contributed by atoms with van der Waals surface area (Å²) >= 11 is 5.93. The lowest BCUT2D eigenvalue weighted by atomic mass is 9.95. The summed E-state index contributed by atoms with van der Waals surface area (Å²) in [5.41, 5.74) is 7.15. The summed E-state index contributed by atoms with van der Waals surface area (Å²) in [7, 11) is 0. The maximum Gasteiger partial charge on any atom is 0.184 e. The maximum atomic E-state index is 13.8. The van der Waals surface area contributed by atoms with Crippen LogP contribution in [0.4, 0.5) is 14.5 Å². The molecule has 0 radical (unpaired) electrons. The molecule has 0 saturated heterocycles. The van der Waals surface area contributed by atoms with Gasteiger partial charge >= 0.3 is 0 Å². The number of aliphatic imine (C=N–C) groups is 1. The Morgan fingerprint density at radius 3 is 2.83 bits per heavy atom. The SMILES string of the molecule is NC1=Nc2c(F)c(F)cc(/C(Cc3cccc(Cl)c3)=N/O)c2C1. The summed E-state index contributed by atoms with van der Waals surface area (Å²) in [4.78, 5) is 3.83. The molecule has 2 aromatic rings. The van der Waals surface area contributed by atoms with Crippen molar-refractivity contribution in [1.82, 2.24) is 0 Å². The lowest BCUT2D eigenvalue weighted by Gasteiger charge is -2.11. The van der Waals surface area contributed by atoms with Crippen LogP contribution in [0, 0.1) is 11.6 Å². The molecular weight excluding hydrogens is 324 g/mol. The standard InChI is InChI=1S/C16H12ClF2N3O/c17-9-3-1-2-8(4-9)5-13(22-23)10-6-12(18)15(19)16-11(10)7-14(20)21-16/h1-4,6,23H,5,7H2,(H2,20,21)/b22-13+. The maximum absolute atomic E-state index is 13.8. The van der Waals surface area contributed by atoms with E-state index in [-0.39, 0.29) is 35.6 Å². The minimum atomic E-state index is -1.07. The molecule has 118 valence electrons. The molecule has 0 saturated carbocycles. The van der Waals surface area contributed by atoms with Gasteiger partial charge in [-0.05, 0) is 29.3 Å². The molecule has 1 aliphatic heterocycles. The second-order valence-corrected chi connectivity index (χ2v) is 5.62. The molecule has 4 nitrogen and oxygen atoms in total. The highest BCUT2D eigenvalue weighted by molar-refractivity contribution is 6.30. The van der Waals surface area contributed by atoms with E-state index in [1.54, 1.807) is 24.3 Å². The normalized spacial score (nSPS) is 13.9. The molecule has 3 N–H and O–H groups in total. The lowest BCUT2D eigenvalue weighted by Crippen LogP contribution is -2.14. The van der Waals surface area contributed by atoms with Crippen molar-refractivity contribution in [2.75, 3.05) is 0 Å². The molecule has 23 heavy (non-hydrogen) atoms. The fourth-order valence-electron chi connectivity index (χ4n) is 2.59. The Morgan fingerprint density at radius 2 is 2.13 bits per heavy atom. The molecule has 0 amide bonds. The van der Waals surface area contributed by atoms with Crippen molar-refractivity contribution in [3.05, 3.63) is 63.7 Å². The summed E-state index contributed by atoms with van der Waals surface area (Å²) < 4.78 is 27.7. The van der Waals surface area contributed by atoms with E-state index in [4.69, 9.17) is 17.3 Å². The van der Waals surface area contributed by atoms with Crippen molar-refractivity contribution < 1.29 is 14.0 Å². The molecule has 0 spiro atoms. The van der Waals surface area contributed by atoms with Gasteiger partial charge in [-0.1, -0.05) is 28.9 Å². The second kappa shape index (κ2) is 5.96. The van der Waals surface area contributed by atoms with Gasteiger partial charge in [0, 0.05) is 23.4 Å². The molecule has 0 fully saturated rings. The van der Waals surface area contributed by atoms with Crippen LogP contribution >= 0.6 is 11.6 Å². The third kappa shape index (κ3) is 2.90. The fraction of sp³-hybridized carbons (Fsp3) is 0.125. The molecule has 2 aromatic carbocycles. The zero-order valence-corrected chi connectivity index (χ0v) is 12.6. The number of oxime groups is 1. The number of rotatable bonds is 3. The monoisotopic (exact) mass is 335 g/mol. The first-order valence-corrected chi connectivity index (χ1v) is 7.17. The first-order valence-electron chi connectivity index (χ1n) is 6.79. The summed E-state index contributed by atoms with van der Waals surface area (Å²) in [6.45, 7) is 0. The first kappa shape index (κ1) is 15.4. The summed E-state index contributed by atoms with van der Waals surface area (Å²) in [6, 6.07) is 7.97. The minimum Gasteiger partial charge on any atom is -0.411 e. The van der Waals surface area contributed by atoms with Gasteiger partial charge in [0.2, 0.25) is 0 Å². The quantitative estimate of drug-likeness (QED) is 0.511. The van der Waals surface area contributed by atoms with Gasteiger partial charge in [-0.25, -0.2) is 13.8 Å². The number of nitrogens with zero attached hydrogens (tertiary/aromatic N) is 2. The fourth-order valence-corrected chi connectivity index (χ4v) is 2.81. The van der Waals surface area contributed by atoms with E-state index in [1.807, 2.05) is 0 Å². The van der Waals surface area contributed by atoms with E-state index in [1.165, 1.54) is 0 Å². The van der Waals surface area contributed by atoms with Gasteiger partial charge in [0.05, 0.1) is 5.71 Å². The van der Waals surface area contributed by atoms with Gasteiger partial charge in [0.1, 0.15) is 11.5 Å². The molecule has 0 aliphatic carbocycles. The predicted molar refractivity (Wildman–Crippen MR) is 84.8 cm³/mol. The van der Waals surface area contributed by atoms with E-state index in [2.05, 4.69) is 10.1 Å². The molecule has 3 rings (SSSR count). The van der Waals surface area contributed by atoms with E-state index in [0.29, 0.717) is 10.6 Å². The largest absolute Gasteiger partial charge is 0.411 e. The number of nitrogens with two attached hydrogens (primary N) is 1. The summed E-state index contributed by atoms with van der Waals surface area (Å²) in [5, 5.41) is 13.1. The molecule has 0 aromatic heterocycles. The van der Waals surface area contributed by atoms with Crippen LogP contribution < -0.4 is 5.73 Å². The van der Waals surface area contributed by atoms with Gasteiger partial charge in [-0.15, -0.1) is 0 Å². The van der Waals surface area contributed by atoms with Crippen LogP contribution in [0.3, 0.4) is 0 Å². The number of fused-ring (bicyclic) bond motifs is 1. The number of benzene rings is 2. The molecular formula is C16H12ClF2N3O. The smallest absolute Gasteiger partial charge is 0.184 e. The topological polar surface area (TPSA) is 71.0 Å². The number of halogens is 3. The average molecular weight is 336 g/mol. The Balaban J connectivity index is 2.04. The number of hydrogen-bond donors (Lipinski definition) is 2. The van der Waals surface area contributed by atoms with Crippen molar-refractivity contribution >= 4 is 28.8 Å². The van der Waals surface area contributed by atoms with Crippen molar-refractivity contribution in [3.8, 4) is 0 Å². The molecule has 1 aliphatic rings. The van der Waals surface area contributed by atoms with Crippen molar-refractivity contribution in [2.24, 2.45) is 15.9 Å². The highest BCUT2D eigenvalue weighted by Gasteiger charge is 2.26. The Hall–Kier alpha value is -2.47. The Labute approximate surface area is 135 Å². The van der Waals surface area contributed by atoms with Crippen LogP contribution in [-0.2, 0) is 12.8 Å². The van der Waals surface area contributed by atoms with Crippen LogP contribution in [0.15, 0.2) is 40.5 Å². The van der Waals surface area contributed by atoms with Crippen LogP contribution in [0.5, 0.6) is 0 Å². The van der Waals surface area contributed by atoms with Gasteiger partial charge in [-0.3, -0.25) is 0 Å². The first-order chi connectivity index (χ1) is 11.0. The van der Waals surface area contributed by atoms with Gasteiger partial charge in [0.25, 0.3) is 0 Å². The second-order valence-electron chi connectivity index (χ2n) is 5.18. The zero-order valence-electron chi connectivity index (χ0n) is 11.9. The van der Waals surface area contributed by atoms with Crippen LogP contribution in [0.1, 0.15) is 16.7 Å². The third-order valence-corrected chi connectivity index (χ3v) is 3.84. The Kier molecular flexibility index (Phi) is 4.00. The van der Waals surface area contributed by atoms with E-state index in [9.17, 15) is 14.0 Å². The zero-order chi connectivity index (χ0) is 16.6. The van der Waals surface area contributed by atoms with Gasteiger partial charge < -0.3 is 10.9 Å². The third-order valence-electron chi connectivity index (χ3n) is 3.61. The summed E-state index contributed by atoms with van der Waals surface area (Å²) in [5.74, 6) is -1.93. The van der Waals surface area contributed by atoms with Gasteiger partial charge in [0.15, 0.2) is 11.6 Å². The van der Waals surface area contributed by atoms with Crippen LogP contribution in [0.2, 0.25) is 5.02 Å². The van der Waals surface area contributed by atoms with Crippen molar-refractivity contribution in [3.63, 3.8) is 0 Å². The molecule has 1 heterocycles. The molecule has 0 unspecified atom stereocenters. The van der Waals surface area contributed by atoms with Crippen LogP contribution in [-0.4, -0.2) is 16.8 Å². The summed E-state index contributed by atoms with van der Waals surface area (Å²) in [6.07, 6.45) is 0.380. The number of amidine groups is 1. The van der Waals surface area contributed by atoms with Crippen molar-refractivity contribution in [2.45, 2.75) is 12.8 Å². The highest BCUT2D eigenvalue weighted by atomic mass is 35.5. The minimum absolute atomic E-state index is 0.134. The lowest BCUT2D eigenvalue weighted by molar-refractivity contribution is 0.318. The predicted octanol–water partition coefficient (Wildman–Crippen LogP) is 3.58. The number of hydrogen-bond acceptors (Lipinski definition) is 4. The Morgan fingerprint density at radius 1 is 1.35 bits per heavy atom.